The zero-order valence-electron chi connectivity index (χ0n) is 13.5. The maximum Gasteiger partial charge on any atom is 0.127 e. The monoisotopic (exact) mass is 347 g/mol. The largest absolute Gasteiger partial charge is 0.457 e. The van der Waals surface area contributed by atoms with Gasteiger partial charge in [-0.05, 0) is 47.8 Å². The number of hydrogen-bond acceptors (Lipinski definition) is 4. The van der Waals surface area contributed by atoms with Crippen LogP contribution in [0.1, 0.15) is 5.56 Å². The van der Waals surface area contributed by atoms with Crippen LogP contribution in [-0.2, 0) is 6.54 Å². The molecule has 5 heteroatoms. The fraction of sp³-hybridized carbons (Fsp3) is 0.0500. The molecule has 0 unspecified atom stereocenters. The Morgan fingerprint density at radius 3 is 2.48 bits per heavy atom. The Morgan fingerprint density at radius 2 is 1.72 bits per heavy atom. The molecule has 0 bridgehead atoms. The maximum absolute atomic E-state index is 5.81. The summed E-state index contributed by atoms with van der Waals surface area (Å²) in [5, 5.41) is 12.8. The van der Waals surface area contributed by atoms with E-state index in [2.05, 4.69) is 27.0 Å². The van der Waals surface area contributed by atoms with Crippen LogP contribution in [-0.4, -0.2) is 10.2 Å². The molecule has 4 nitrogen and oxygen atoms in total. The van der Waals surface area contributed by atoms with Crippen LogP contribution in [0, 0.1) is 0 Å². The Morgan fingerprint density at radius 1 is 0.920 bits per heavy atom. The normalized spacial score (nSPS) is 10.6. The molecule has 0 fully saturated rings. The van der Waals surface area contributed by atoms with Gasteiger partial charge in [-0.3, -0.25) is 5.10 Å². The van der Waals surface area contributed by atoms with Gasteiger partial charge >= 0.3 is 0 Å². The van der Waals surface area contributed by atoms with E-state index in [0.29, 0.717) is 6.54 Å². The fourth-order valence-electron chi connectivity index (χ4n) is 2.54. The third-order valence-corrected chi connectivity index (χ3v) is 4.69. The molecular weight excluding hydrogens is 330 g/mol. The second-order valence-electron chi connectivity index (χ2n) is 5.54. The molecule has 0 saturated heterocycles. The number of rotatable bonds is 6. The van der Waals surface area contributed by atoms with E-state index in [1.807, 2.05) is 66.9 Å². The Balaban J connectivity index is 1.40. The van der Waals surface area contributed by atoms with Crippen molar-refractivity contribution >= 4 is 17.0 Å². The van der Waals surface area contributed by atoms with Crippen LogP contribution < -0.4 is 10.1 Å². The number of nitrogens with zero attached hydrogens (tertiary/aromatic N) is 1. The quantitative estimate of drug-likeness (QED) is 0.481. The number of aromatic amines is 1. The second kappa shape index (κ2) is 7.23. The van der Waals surface area contributed by atoms with Gasteiger partial charge in [0.2, 0.25) is 0 Å². The third-order valence-electron chi connectivity index (χ3n) is 3.80. The van der Waals surface area contributed by atoms with E-state index >= 15 is 0 Å². The Bertz CT molecular complexity index is 915. The molecule has 0 aliphatic rings. The zero-order chi connectivity index (χ0) is 16.9. The minimum Gasteiger partial charge on any atom is -0.457 e. The summed E-state index contributed by atoms with van der Waals surface area (Å²) in [6.07, 6.45) is 1.87. The number of para-hydroxylation sites is 1. The van der Waals surface area contributed by atoms with Crippen LogP contribution in [0.3, 0.4) is 0 Å². The predicted molar refractivity (Wildman–Crippen MR) is 102 cm³/mol. The predicted octanol–water partition coefficient (Wildman–Crippen LogP) is 5.54. The number of aromatic nitrogens is 2. The summed E-state index contributed by atoms with van der Waals surface area (Å²) in [4.78, 5) is 1.20. The molecule has 0 radical (unpaired) electrons. The fourth-order valence-corrected chi connectivity index (χ4v) is 3.30. The van der Waals surface area contributed by atoms with Gasteiger partial charge in [0.25, 0.3) is 0 Å². The van der Waals surface area contributed by atoms with E-state index in [1.165, 1.54) is 4.88 Å². The molecule has 2 aromatic carbocycles. The molecule has 0 saturated carbocycles. The molecule has 2 aromatic heterocycles. The van der Waals surface area contributed by atoms with Crippen LogP contribution in [0.5, 0.6) is 11.5 Å². The second-order valence-corrected chi connectivity index (χ2v) is 6.49. The van der Waals surface area contributed by atoms with Gasteiger partial charge in [0.1, 0.15) is 11.5 Å². The van der Waals surface area contributed by atoms with Crippen molar-refractivity contribution in [1.29, 1.82) is 0 Å². The number of thiophene rings is 1. The van der Waals surface area contributed by atoms with E-state index in [0.717, 1.165) is 28.4 Å². The lowest BCUT2D eigenvalue weighted by Crippen LogP contribution is -1.99. The molecule has 2 heterocycles. The maximum atomic E-state index is 5.81. The van der Waals surface area contributed by atoms with Gasteiger partial charge in [0.05, 0.1) is 16.8 Å². The van der Waals surface area contributed by atoms with E-state index in [9.17, 15) is 0 Å². The van der Waals surface area contributed by atoms with E-state index in [4.69, 9.17) is 4.74 Å². The molecule has 0 aliphatic heterocycles. The highest BCUT2D eigenvalue weighted by molar-refractivity contribution is 7.13. The summed E-state index contributed by atoms with van der Waals surface area (Å²) in [5.74, 6) is 1.65. The van der Waals surface area contributed by atoms with Crippen LogP contribution >= 0.6 is 11.3 Å². The summed E-state index contributed by atoms with van der Waals surface area (Å²) in [7, 11) is 0. The van der Waals surface area contributed by atoms with Gasteiger partial charge in [0, 0.05) is 17.8 Å². The first-order valence-corrected chi connectivity index (χ1v) is 8.89. The third kappa shape index (κ3) is 3.72. The first-order chi connectivity index (χ1) is 12.4. The highest BCUT2D eigenvalue weighted by Gasteiger charge is 2.08. The summed E-state index contributed by atoms with van der Waals surface area (Å²) in [6, 6.07) is 21.9. The summed E-state index contributed by atoms with van der Waals surface area (Å²) < 4.78 is 5.81. The van der Waals surface area contributed by atoms with Crippen LogP contribution in [0.15, 0.2) is 78.3 Å². The van der Waals surface area contributed by atoms with Gasteiger partial charge in [-0.1, -0.05) is 24.3 Å². The van der Waals surface area contributed by atoms with Crippen LogP contribution in [0.2, 0.25) is 0 Å². The lowest BCUT2D eigenvalue weighted by Gasteiger charge is -2.09. The number of anilines is 1. The Hall–Kier alpha value is -3.05. The molecule has 0 atom stereocenters. The van der Waals surface area contributed by atoms with Gasteiger partial charge in [0.15, 0.2) is 0 Å². The molecule has 0 aliphatic carbocycles. The van der Waals surface area contributed by atoms with Crippen molar-refractivity contribution in [2.45, 2.75) is 6.54 Å². The van der Waals surface area contributed by atoms with Crippen molar-refractivity contribution in [1.82, 2.24) is 10.2 Å². The first-order valence-electron chi connectivity index (χ1n) is 8.01. The number of ether oxygens (including phenoxy) is 1. The van der Waals surface area contributed by atoms with Crippen molar-refractivity contribution in [3.8, 4) is 22.1 Å². The molecular formula is C20H17N3OS. The molecule has 25 heavy (non-hydrogen) atoms. The molecule has 0 spiro atoms. The highest BCUT2D eigenvalue weighted by Crippen LogP contribution is 2.27. The Kier molecular flexibility index (Phi) is 4.48. The van der Waals surface area contributed by atoms with E-state index < -0.39 is 0 Å². The van der Waals surface area contributed by atoms with Crippen LogP contribution in [0.4, 0.5) is 5.69 Å². The van der Waals surface area contributed by atoms with Crippen molar-refractivity contribution in [2.24, 2.45) is 0 Å². The molecule has 2 N–H and O–H groups in total. The van der Waals surface area contributed by atoms with Crippen molar-refractivity contribution < 1.29 is 4.74 Å². The standard InChI is InChI=1S/C20H17N3OS/c1-2-5-17(6-3-1)24-18-10-8-16(9-11-18)21-13-15-14-22-23-20(15)19-7-4-12-25-19/h1-12,14,21H,13H2,(H,22,23). The first kappa shape index (κ1) is 15.5. The van der Waals surface area contributed by atoms with Gasteiger partial charge in [-0.2, -0.15) is 5.10 Å². The average Bonchev–Trinajstić information content (AvgIpc) is 3.33. The topological polar surface area (TPSA) is 49.9 Å². The SMILES string of the molecule is c1ccc(Oc2ccc(NCc3cn[nH]c3-c3cccs3)cc2)cc1. The van der Waals surface area contributed by atoms with Gasteiger partial charge < -0.3 is 10.1 Å². The van der Waals surface area contributed by atoms with Gasteiger partial charge in [-0.25, -0.2) is 0 Å². The Labute approximate surface area is 150 Å². The lowest BCUT2D eigenvalue weighted by molar-refractivity contribution is 0.483. The average molecular weight is 347 g/mol. The number of H-pyrrole nitrogens is 1. The highest BCUT2D eigenvalue weighted by atomic mass is 32.1. The summed E-state index contributed by atoms with van der Waals surface area (Å²) >= 11 is 1.70. The number of hydrogen-bond donors (Lipinski definition) is 2. The van der Waals surface area contributed by atoms with Crippen LogP contribution in [0.25, 0.3) is 10.6 Å². The number of benzene rings is 2. The smallest absolute Gasteiger partial charge is 0.127 e. The molecule has 124 valence electrons. The minimum atomic E-state index is 0.711. The summed E-state index contributed by atoms with van der Waals surface area (Å²) in [6.45, 7) is 0.711. The molecule has 4 aromatic rings. The summed E-state index contributed by atoms with van der Waals surface area (Å²) in [5.41, 5.74) is 3.26. The number of nitrogens with one attached hydrogen (secondary N) is 2. The minimum absolute atomic E-state index is 0.711. The van der Waals surface area contributed by atoms with E-state index in [-0.39, 0.29) is 0 Å². The van der Waals surface area contributed by atoms with Gasteiger partial charge in [-0.15, -0.1) is 11.3 Å². The molecule has 4 rings (SSSR count). The van der Waals surface area contributed by atoms with Crippen molar-refractivity contribution in [3.05, 3.63) is 83.9 Å². The zero-order valence-corrected chi connectivity index (χ0v) is 14.3. The lowest BCUT2D eigenvalue weighted by atomic mass is 10.2. The van der Waals surface area contributed by atoms with Crippen molar-refractivity contribution in [3.63, 3.8) is 0 Å². The van der Waals surface area contributed by atoms with Crippen molar-refractivity contribution in [2.75, 3.05) is 5.32 Å². The van der Waals surface area contributed by atoms with E-state index in [1.54, 1.807) is 11.3 Å². The molecule has 0 amide bonds.